The van der Waals surface area contributed by atoms with E-state index in [0.717, 1.165) is 17.0 Å². The molecule has 152 valence electrons. The van der Waals surface area contributed by atoms with E-state index in [4.69, 9.17) is 16.6 Å². The van der Waals surface area contributed by atoms with Crippen LogP contribution in [0.2, 0.25) is 0 Å². The first kappa shape index (κ1) is 20.6. The molecule has 0 spiro atoms. The largest absolute Gasteiger partial charge is 0.468 e. The summed E-state index contributed by atoms with van der Waals surface area (Å²) < 4.78 is 48.9. The molecule has 0 aliphatic carbocycles. The Balaban J connectivity index is 1.88. The van der Waals surface area contributed by atoms with E-state index in [2.05, 4.69) is 4.74 Å². The van der Waals surface area contributed by atoms with Crippen LogP contribution in [0.15, 0.2) is 46.5 Å². The van der Waals surface area contributed by atoms with Gasteiger partial charge in [-0.3, -0.25) is 14.5 Å². The number of hydrogen-bond donors (Lipinski definition) is 0. The zero-order valence-corrected chi connectivity index (χ0v) is 16.1. The third kappa shape index (κ3) is 4.16. The molecule has 0 unspecified atom stereocenters. The van der Waals surface area contributed by atoms with Crippen molar-refractivity contribution in [3.8, 4) is 11.3 Å². The van der Waals surface area contributed by atoms with Crippen molar-refractivity contribution in [2.75, 3.05) is 20.7 Å². The Morgan fingerprint density at radius 3 is 2.66 bits per heavy atom. The Morgan fingerprint density at radius 2 is 2.00 bits per heavy atom. The summed E-state index contributed by atoms with van der Waals surface area (Å²) >= 11 is 5.18. The number of methoxy groups -OCH3 is 1. The SMILES string of the molecule is COC(=O)CN1C(=O)/C(=C/c2ccc(-c3cccc(C(F)(F)F)c3)o2)N(C)C1=S. The van der Waals surface area contributed by atoms with Crippen molar-refractivity contribution in [1.29, 1.82) is 0 Å². The van der Waals surface area contributed by atoms with E-state index < -0.39 is 23.6 Å². The molecule has 10 heteroatoms. The highest BCUT2D eigenvalue weighted by atomic mass is 32.1. The molecule has 2 heterocycles. The van der Waals surface area contributed by atoms with Crippen LogP contribution < -0.4 is 0 Å². The van der Waals surface area contributed by atoms with Gasteiger partial charge in [0.15, 0.2) is 5.11 Å². The summed E-state index contributed by atoms with van der Waals surface area (Å²) in [6, 6.07) is 7.76. The first-order chi connectivity index (χ1) is 13.6. The molecule has 0 atom stereocenters. The Hall–Kier alpha value is -3.14. The summed E-state index contributed by atoms with van der Waals surface area (Å²) in [5, 5.41) is 0.122. The second kappa shape index (κ2) is 7.70. The summed E-state index contributed by atoms with van der Waals surface area (Å²) in [5.74, 6) is -0.680. The summed E-state index contributed by atoms with van der Waals surface area (Å²) in [4.78, 5) is 26.5. The molecular weight excluding hydrogens is 409 g/mol. The van der Waals surface area contributed by atoms with Crippen molar-refractivity contribution >= 4 is 35.3 Å². The molecule has 0 bridgehead atoms. The molecule has 1 fully saturated rings. The van der Waals surface area contributed by atoms with Crippen LogP contribution in [-0.2, 0) is 20.5 Å². The van der Waals surface area contributed by atoms with E-state index in [-0.39, 0.29) is 34.4 Å². The fourth-order valence-electron chi connectivity index (χ4n) is 2.71. The predicted octanol–water partition coefficient (Wildman–Crippen LogP) is 3.54. The van der Waals surface area contributed by atoms with Gasteiger partial charge in [-0.25, -0.2) is 0 Å². The number of alkyl halides is 3. The number of rotatable bonds is 4. The molecule has 1 aliphatic rings. The highest BCUT2D eigenvalue weighted by Gasteiger charge is 2.37. The highest BCUT2D eigenvalue weighted by Crippen LogP contribution is 2.33. The minimum absolute atomic E-state index is 0.122. The van der Waals surface area contributed by atoms with Crippen LogP contribution in [-0.4, -0.2) is 47.5 Å². The molecule has 6 nitrogen and oxygen atoms in total. The number of carbonyl (C=O) groups excluding carboxylic acids is 2. The topological polar surface area (TPSA) is 63.0 Å². The molecular formula is C19H15F3N2O4S. The Labute approximate surface area is 169 Å². The molecule has 1 aliphatic heterocycles. The number of thiocarbonyl (C=S) groups is 1. The van der Waals surface area contributed by atoms with Crippen molar-refractivity contribution in [3.05, 3.63) is 53.4 Å². The molecule has 1 aromatic carbocycles. The third-order valence-corrected chi connectivity index (χ3v) is 4.73. The monoisotopic (exact) mass is 424 g/mol. The number of benzene rings is 1. The van der Waals surface area contributed by atoms with Crippen molar-refractivity contribution in [2.24, 2.45) is 0 Å². The lowest BCUT2D eigenvalue weighted by Gasteiger charge is -2.14. The predicted molar refractivity (Wildman–Crippen MR) is 101 cm³/mol. The minimum atomic E-state index is -4.47. The van der Waals surface area contributed by atoms with Crippen molar-refractivity contribution in [2.45, 2.75) is 6.18 Å². The van der Waals surface area contributed by atoms with E-state index in [1.807, 2.05) is 0 Å². The summed E-state index contributed by atoms with van der Waals surface area (Å²) in [6.07, 6.45) is -3.06. The number of furan rings is 1. The molecule has 2 aromatic rings. The first-order valence-electron chi connectivity index (χ1n) is 8.27. The van der Waals surface area contributed by atoms with Crippen LogP contribution in [0.4, 0.5) is 13.2 Å². The van der Waals surface area contributed by atoms with Crippen LogP contribution in [0, 0.1) is 0 Å². The maximum atomic E-state index is 12.9. The van der Waals surface area contributed by atoms with Gasteiger partial charge in [-0.05, 0) is 36.5 Å². The van der Waals surface area contributed by atoms with E-state index in [0.29, 0.717) is 0 Å². The molecule has 1 saturated heterocycles. The van der Waals surface area contributed by atoms with Gasteiger partial charge in [0.05, 0.1) is 12.7 Å². The van der Waals surface area contributed by atoms with E-state index in [1.165, 1.54) is 42.4 Å². The van der Waals surface area contributed by atoms with Crippen LogP contribution in [0.1, 0.15) is 11.3 Å². The number of carbonyl (C=O) groups is 2. The molecule has 1 aromatic heterocycles. The van der Waals surface area contributed by atoms with Gasteiger partial charge in [0.2, 0.25) is 0 Å². The zero-order valence-electron chi connectivity index (χ0n) is 15.3. The number of halogens is 3. The zero-order chi connectivity index (χ0) is 21.3. The standard InChI is InChI=1S/C19H15F3N2O4S/c1-23-14(17(26)24(18(23)29)10-16(25)27-2)9-13-6-7-15(28-13)11-4-3-5-12(8-11)19(20,21)22/h3-9H,10H2,1-2H3/b14-9-. The van der Waals surface area contributed by atoms with Crippen LogP contribution >= 0.6 is 12.2 Å². The summed E-state index contributed by atoms with van der Waals surface area (Å²) in [6.45, 7) is -0.330. The molecule has 0 radical (unpaired) electrons. The Kier molecular flexibility index (Phi) is 5.47. The van der Waals surface area contributed by atoms with Gasteiger partial charge in [0.25, 0.3) is 5.91 Å². The van der Waals surface area contributed by atoms with Crippen molar-refractivity contribution in [3.63, 3.8) is 0 Å². The van der Waals surface area contributed by atoms with E-state index >= 15 is 0 Å². The first-order valence-corrected chi connectivity index (χ1v) is 8.68. The van der Waals surface area contributed by atoms with Gasteiger partial charge in [-0.2, -0.15) is 13.2 Å². The summed E-state index contributed by atoms with van der Waals surface area (Å²) in [7, 11) is 2.75. The van der Waals surface area contributed by atoms with Gasteiger partial charge < -0.3 is 14.1 Å². The molecule has 0 N–H and O–H groups in total. The van der Waals surface area contributed by atoms with Gasteiger partial charge in [0.1, 0.15) is 23.8 Å². The second-order valence-electron chi connectivity index (χ2n) is 6.12. The number of likely N-dealkylation sites (N-methyl/N-ethyl adjacent to an activating group) is 1. The quantitative estimate of drug-likeness (QED) is 0.425. The minimum Gasteiger partial charge on any atom is -0.468 e. The second-order valence-corrected chi connectivity index (χ2v) is 6.48. The molecule has 1 amide bonds. The lowest BCUT2D eigenvalue weighted by molar-refractivity contribution is -0.143. The lowest BCUT2D eigenvalue weighted by Crippen LogP contribution is -2.36. The maximum Gasteiger partial charge on any atom is 0.416 e. The third-order valence-electron chi connectivity index (χ3n) is 4.24. The number of nitrogens with zero attached hydrogens (tertiary/aromatic N) is 2. The average molecular weight is 424 g/mol. The van der Waals surface area contributed by atoms with Gasteiger partial charge in [-0.1, -0.05) is 12.1 Å². The average Bonchev–Trinajstić information content (AvgIpc) is 3.23. The number of esters is 1. The van der Waals surface area contributed by atoms with Crippen molar-refractivity contribution < 1.29 is 31.9 Å². The normalized spacial score (nSPS) is 16.1. The van der Waals surface area contributed by atoms with Crippen molar-refractivity contribution in [1.82, 2.24) is 9.80 Å². The van der Waals surface area contributed by atoms with E-state index in [9.17, 15) is 22.8 Å². The smallest absolute Gasteiger partial charge is 0.416 e. The fourth-order valence-corrected chi connectivity index (χ4v) is 2.96. The van der Waals surface area contributed by atoms with Crippen LogP contribution in [0.25, 0.3) is 17.4 Å². The van der Waals surface area contributed by atoms with Crippen LogP contribution in [0.5, 0.6) is 0 Å². The molecule has 3 rings (SSSR count). The van der Waals surface area contributed by atoms with Gasteiger partial charge in [-0.15, -0.1) is 0 Å². The lowest BCUT2D eigenvalue weighted by atomic mass is 10.1. The van der Waals surface area contributed by atoms with E-state index in [1.54, 1.807) is 7.05 Å². The number of hydrogen-bond acceptors (Lipinski definition) is 5. The number of amides is 1. The van der Waals surface area contributed by atoms with Gasteiger partial charge >= 0.3 is 12.1 Å². The highest BCUT2D eigenvalue weighted by molar-refractivity contribution is 7.80. The maximum absolute atomic E-state index is 12.9. The number of ether oxygens (including phenoxy) is 1. The Morgan fingerprint density at radius 1 is 1.28 bits per heavy atom. The summed E-state index contributed by atoms with van der Waals surface area (Å²) in [5.41, 5.74) is -0.386. The molecule has 0 saturated carbocycles. The van der Waals surface area contributed by atoms with Gasteiger partial charge in [0, 0.05) is 18.7 Å². The fraction of sp³-hybridized carbons (Fsp3) is 0.211. The van der Waals surface area contributed by atoms with Crippen LogP contribution in [0.3, 0.4) is 0 Å². The molecule has 29 heavy (non-hydrogen) atoms. The Bertz CT molecular complexity index is 1010.